The van der Waals surface area contributed by atoms with Crippen LogP contribution in [0.2, 0.25) is 0 Å². The van der Waals surface area contributed by atoms with Crippen LogP contribution in [0.25, 0.3) is 17.1 Å². The van der Waals surface area contributed by atoms with Crippen molar-refractivity contribution in [2.45, 2.75) is 36.1 Å². The van der Waals surface area contributed by atoms with Gasteiger partial charge >= 0.3 is 0 Å². The van der Waals surface area contributed by atoms with Gasteiger partial charge < -0.3 is 9.47 Å². The molecule has 0 amide bonds. The van der Waals surface area contributed by atoms with Crippen molar-refractivity contribution < 1.29 is 14.3 Å². The molecule has 0 N–H and O–H groups in total. The van der Waals surface area contributed by atoms with E-state index in [-0.39, 0.29) is 5.25 Å². The van der Waals surface area contributed by atoms with Crippen molar-refractivity contribution in [3.63, 3.8) is 0 Å². The molecule has 1 heterocycles. The number of nitrogens with zero attached hydrogens (tertiary/aromatic N) is 3. The number of rotatable bonds is 6. The first kappa shape index (κ1) is 19.5. The van der Waals surface area contributed by atoms with E-state index >= 15 is 0 Å². The first-order chi connectivity index (χ1) is 14.2. The summed E-state index contributed by atoms with van der Waals surface area (Å²) in [6, 6.07) is 15.5. The summed E-state index contributed by atoms with van der Waals surface area (Å²) in [6.07, 6.45) is 3.60. The van der Waals surface area contributed by atoms with Crippen molar-refractivity contribution in [2.24, 2.45) is 0 Å². The zero-order chi connectivity index (χ0) is 20.2. The van der Waals surface area contributed by atoms with Gasteiger partial charge in [0, 0.05) is 17.7 Å². The Hall–Kier alpha value is -2.80. The van der Waals surface area contributed by atoms with E-state index in [1.807, 2.05) is 53.1 Å². The quantitative estimate of drug-likeness (QED) is 0.595. The minimum absolute atomic E-state index is 0.0614. The molecule has 2 aromatic carbocycles. The first-order valence-electron chi connectivity index (χ1n) is 9.63. The van der Waals surface area contributed by atoms with Gasteiger partial charge in [-0.3, -0.25) is 9.36 Å². The van der Waals surface area contributed by atoms with Crippen molar-refractivity contribution in [1.29, 1.82) is 0 Å². The van der Waals surface area contributed by atoms with Crippen molar-refractivity contribution in [3.8, 4) is 28.6 Å². The molecule has 1 atom stereocenters. The van der Waals surface area contributed by atoms with E-state index in [1.165, 1.54) is 11.8 Å². The molecule has 1 aliphatic rings. The van der Waals surface area contributed by atoms with Crippen LogP contribution < -0.4 is 9.47 Å². The molecule has 6 nitrogen and oxygen atoms in total. The standard InChI is InChI=1S/C22H23N3O3S/c1-27-17-11-7-15(8-12-17)21-23-24-22(29-20-6-4-3-5-19(20)26)25(21)16-9-13-18(28-2)14-10-16/h7-14,20H,3-6H2,1-2H3. The fraction of sp³-hybridized carbons (Fsp3) is 0.318. The normalized spacial score (nSPS) is 16.6. The van der Waals surface area contributed by atoms with E-state index in [1.54, 1.807) is 14.2 Å². The lowest BCUT2D eigenvalue weighted by atomic mass is 9.99. The van der Waals surface area contributed by atoms with E-state index in [2.05, 4.69) is 10.2 Å². The van der Waals surface area contributed by atoms with Crippen molar-refractivity contribution >= 4 is 17.5 Å². The number of ether oxygens (including phenoxy) is 2. The highest BCUT2D eigenvalue weighted by Crippen LogP contribution is 2.35. The molecule has 1 unspecified atom stereocenters. The van der Waals surface area contributed by atoms with Gasteiger partial charge in [0.05, 0.1) is 19.5 Å². The summed E-state index contributed by atoms with van der Waals surface area (Å²) < 4.78 is 12.6. The van der Waals surface area contributed by atoms with Gasteiger partial charge in [-0.15, -0.1) is 10.2 Å². The molecule has 0 radical (unpaired) electrons. The summed E-state index contributed by atoms with van der Waals surface area (Å²) in [5.74, 6) is 2.59. The summed E-state index contributed by atoms with van der Waals surface area (Å²) in [7, 11) is 3.29. The van der Waals surface area contributed by atoms with Crippen molar-refractivity contribution in [1.82, 2.24) is 14.8 Å². The lowest BCUT2D eigenvalue weighted by molar-refractivity contribution is -0.119. The average molecular weight is 410 g/mol. The maximum atomic E-state index is 12.4. The van der Waals surface area contributed by atoms with Crippen LogP contribution in [0.1, 0.15) is 25.7 Å². The predicted octanol–water partition coefficient (Wildman–Crippen LogP) is 4.56. The number of aromatic nitrogens is 3. The molecule has 7 heteroatoms. The zero-order valence-electron chi connectivity index (χ0n) is 16.5. The Morgan fingerprint density at radius 3 is 2.21 bits per heavy atom. The van der Waals surface area contributed by atoms with E-state index < -0.39 is 0 Å². The lowest BCUT2D eigenvalue weighted by Gasteiger charge is -2.20. The molecule has 1 fully saturated rings. The minimum Gasteiger partial charge on any atom is -0.497 e. The van der Waals surface area contributed by atoms with Crippen LogP contribution in [-0.4, -0.2) is 40.0 Å². The molecule has 3 aromatic rings. The van der Waals surface area contributed by atoms with Gasteiger partial charge in [-0.1, -0.05) is 18.2 Å². The van der Waals surface area contributed by atoms with Crippen LogP contribution in [0, 0.1) is 0 Å². The smallest absolute Gasteiger partial charge is 0.196 e. The Morgan fingerprint density at radius 2 is 1.59 bits per heavy atom. The van der Waals surface area contributed by atoms with Crippen LogP contribution in [-0.2, 0) is 4.79 Å². The Balaban J connectivity index is 1.75. The Labute approximate surface area is 174 Å². The van der Waals surface area contributed by atoms with Crippen molar-refractivity contribution in [3.05, 3.63) is 48.5 Å². The molecule has 0 saturated heterocycles. The molecule has 0 bridgehead atoms. The fourth-order valence-corrected chi connectivity index (χ4v) is 4.61. The molecule has 0 aliphatic heterocycles. The topological polar surface area (TPSA) is 66.2 Å². The molecule has 150 valence electrons. The molecule has 29 heavy (non-hydrogen) atoms. The Morgan fingerprint density at radius 1 is 0.931 bits per heavy atom. The molecule has 1 saturated carbocycles. The van der Waals surface area contributed by atoms with Crippen LogP contribution in [0.5, 0.6) is 11.5 Å². The highest BCUT2D eigenvalue weighted by Gasteiger charge is 2.27. The van der Waals surface area contributed by atoms with Gasteiger partial charge in [0.2, 0.25) is 0 Å². The van der Waals surface area contributed by atoms with E-state index in [4.69, 9.17) is 9.47 Å². The third-order valence-corrected chi connectivity index (χ3v) is 6.32. The lowest BCUT2D eigenvalue weighted by Crippen LogP contribution is -2.21. The van der Waals surface area contributed by atoms with Crippen LogP contribution in [0.4, 0.5) is 0 Å². The summed E-state index contributed by atoms with van der Waals surface area (Å²) in [5, 5.41) is 9.57. The fourth-order valence-electron chi connectivity index (χ4n) is 3.44. The van der Waals surface area contributed by atoms with Gasteiger partial charge in [-0.2, -0.15) is 0 Å². The molecule has 4 rings (SSSR count). The second-order valence-electron chi connectivity index (χ2n) is 6.89. The molecular formula is C22H23N3O3S. The summed E-state index contributed by atoms with van der Waals surface area (Å²) in [4.78, 5) is 12.4. The monoisotopic (exact) mass is 409 g/mol. The SMILES string of the molecule is COc1ccc(-c2nnc(SC3CCCCC3=O)n2-c2ccc(OC)cc2)cc1. The van der Waals surface area contributed by atoms with E-state index in [0.29, 0.717) is 12.2 Å². The van der Waals surface area contributed by atoms with E-state index in [9.17, 15) is 4.79 Å². The van der Waals surface area contributed by atoms with Crippen LogP contribution in [0.3, 0.4) is 0 Å². The minimum atomic E-state index is -0.0614. The third kappa shape index (κ3) is 4.15. The van der Waals surface area contributed by atoms with Crippen molar-refractivity contribution in [2.75, 3.05) is 14.2 Å². The van der Waals surface area contributed by atoms with Gasteiger partial charge in [-0.25, -0.2) is 0 Å². The van der Waals surface area contributed by atoms with Gasteiger partial charge in [-0.05, 0) is 61.4 Å². The maximum Gasteiger partial charge on any atom is 0.196 e. The number of benzene rings is 2. The average Bonchev–Trinajstić information content (AvgIpc) is 3.19. The number of hydrogen-bond acceptors (Lipinski definition) is 6. The van der Waals surface area contributed by atoms with Gasteiger partial charge in [0.1, 0.15) is 17.3 Å². The second-order valence-corrected chi connectivity index (χ2v) is 8.06. The Kier molecular flexibility index (Phi) is 5.85. The zero-order valence-corrected chi connectivity index (χ0v) is 17.3. The number of ketones is 1. The number of hydrogen-bond donors (Lipinski definition) is 0. The van der Waals surface area contributed by atoms with E-state index in [0.717, 1.165) is 53.0 Å². The highest BCUT2D eigenvalue weighted by molar-refractivity contribution is 8.00. The number of carbonyl (C=O) groups is 1. The summed E-state index contributed by atoms with van der Waals surface area (Å²) >= 11 is 1.51. The van der Waals surface area contributed by atoms with Crippen LogP contribution in [0.15, 0.2) is 53.7 Å². The van der Waals surface area contributed by atoms with Gasteiger partial charge in [0.25, 0.3) is 0 Å². The third-order valence-electron chi connectivity index (χ3n) is 5.06. The molecule has 0 spiro atoms. The maximum absolute atomic E-state index is 12.4. The summed E-state index contributed by atoms with van der Waals surface area (Å²) in [5.41, 5.74) is 1.85. The van der Waals surface area contributed by atoms with Gasteiger partial charge in [0.15, 0.2) is 11.0 Å². The number of methoxy groups -OCH3 is 2. The van der Waals surface area contributed by atoms with Crippen LogP contribution >= 0.6 is 11.8 Å². The summed E-state index contributed by atoms with van der Waals surface area (Å²) in [6.45, 7) is 0. The second kappa shape index (κ2) is 8.69. The largest absolute Gasteiger partial charge is 0.497 e. The molecule has 1 aliphatic carbocycles. The molecule has 1 aromatic heterocycles. The number of carbonyl (C=O) groups excluding carboxylic acids is 1. The molecular weight excluding hydrogens is 386 g/mol. The first-order valence-corrected chi connectivity index (χ1v) is 10.5. The highest BCUT2D eigenvalue weighted by atomic mass is 32.2. The predicted molar refractivity (Wildman–Crippen MR) is 113 cm³/mol. The Bertz CT molecular complexity index is 984. The number of Topliss-reactive ketones (excluding diaryl/α,β-unsaturated/α-hetero) is 1. The number of thioether (sulfide) groups is 1.